The first kappa shape index (κ1) is 35.5. The third-order valence-corrected chi connectivity index (χ3v) is 5.29. The van der Waals surface area contributed by atoms with Crippen LogP contribution in [0.2, 0.25) is 0 Å². The fourth-order valence-electron chi connectivity index (χ4n) is 3.45. The third kappa shape index (κ3) is 15.1. The van der Waals surface area contributed by atoms with Crippen LogP contribution in [0.4, 0.5) is 14.4 Å². The Morgan fingerprint density at radius 3 is 1.80 bits per heavy atom. The van der Waals surface area contributed by atoms with Gasteiger partial charge in [-0.05, 0) is 78.5 Å². The molecule has 2 unspecified atom stereocenters. The van der Waals surface area contributed by atoms with Crippen LogP contribution in [-0.4, -0.2) is 61.0 Å². The summed E-state index contributed by atoms with van der Waals surface area (Å²) in [6.45, 7) is 13.8. The Kier molecular flexibility index (Phi) is 15.0. The van der Waals surface area contributed by atoms with Crippen molar-refractivity contribution in [1.82, 2.24) is 0 Å². The molecule has 0 fully saturated rings. The van der Waals surface area contributed by atoms with Crippen LogP contribution in [0.25, 0.3) is 0 Å². The van der Waals surface area contributed by atoms with Crippen LogP contribution in [0.15, 0.2) is 18.2 Å². The summed E-state index contributed by atoms with van der Waals surface area (Å²) in [6, 6.07) is 3.26. The van der Waals surface area contributed by atoms with Gasteiger partial charge in [0.15, 0.2) is 11.5 Å². The summed E-state index contributed by atoms with van der Waals surface area (Å²) in [5.41, 5.74) is 5.79. The van der Waals surface area contributed by atoms with E-state index < -0.39 is 42.2 Å². The van der Waals surface area contributed by atoms with Crippen molar-refractivity contribution in [3.63, 3.8) is 0 Å². The zero-order valence-electron chi connectivity index (χ0n) is 25.4. The number of hydrogen-bond donors (Lipinski definition) is 1. The van der Waals surface area contributed by atoms with Gasteiger partial charge in [0.2, 0.25) is 0 Å². The summed E-state index contributed by atoms with van der Waals surface area (Å²) in [4.78, 5) is 48.9. The molecule has 1 rings (SSSR count). The zero-order chi connectivity index (χ0) is 31.2. The summed E-state index contributed by atoms with van der Waals surface area (Å²) < 4.78 is 36.4. The van der Waals surface area contributed by atoms with E-state index in [-0.39, 0.29) is 36.7 Å². The quantitative estimate of drug-likeness (QED) is 0.158. The molecule has 0 aliphatic heterocycles. The number of hydrogen-bond acceptors (Lipinski definition) is 12. The van der Waals surface area contributed by atoms with Crippen molar-refractivity contribution in [2.45, 2.75) is 117 Å². The number of benzene rings is 1. The minimum atomic E-state index is -1.10. The number of ether oxygens (including phenoxy) is 7. The molecule has 0 amide bonds. The first-order valence-corrected chi connectivity index (χ1v) is 13.8. The zero-order valence-corrected chi connectivity index (χ0v) is 25.4. The van der Waals surface area contributed by atoms with Gasteiger partial charge < -0.3 is 38.9 Å². The Bertz CT molecular complexity index is 1000. The van der Waals surface area contributed by atoms with Gasteiger partial charge in [-0.3, -0.25) is 4.79 Å². The third-order valence-electron chi connectivity index (χ3n) is 5.29. The molecule has 1 aromatic rings. The molecular weight excluding hydrogens is 538 g/mol. The second-order valence-corrected chi connectivity index (χ2v) is 10.8. The van der Waals surface area contributed by atoms with Crippen LogP contribution in [-0.2, 0) is 34.9 Å². The fraction of sp³-hybridized carbons (Fsp3) is 0.655. The van der Waals surface area contributed by atoms with E-state index >= 15 is 0 Å². The highest BCUT2D eigenvalue weighted by Gasteiger charge is 2.24. The van der Waals surface area contributed by atoms with Gasteiger partial charge in [0.25, 0.3) is 0 Å². The smallest absolute Gasteiger partial charge is 0.461 e. The van der Waals surface area contributed by atoms with E-state index in [1.165, 1.54) is 12.1 Å². The van der Waals surface area contributed by atoms with Gasteiger partial charge in [-0.15, -0.1) is 0 Å². The van der Waals surface area contributed by atoms with E-state index in [9.17, 15) is 19.2 Å². The highest BCUT2D eigenvalue weighted by atomic mass is 16.8. The monoisotopic (exact) mass is 583 g/mol. The summed E-state index contributed by atoms with van der Waals surface area (Å²) >= 11 is 0. The fourth-order valence-corrected chi connectivity index (χ4v) is 3.45. The second kappa shape index (κ2) is 17.3. The van der Waals surface area contributed by atoms with Crippen molar-refractivity contribution in [2.24, 2.45) is 5.73 Å². The van der Waals surface area contributed by atoms with Gasteiger partial charge in [0.1, 0.15) is 36.6 Å². The lowest BCUT2D eigenvalue weighted by Gasteiger charge is -2.21. The minimum Gasteiger partial charge on any atom is -0.461 e. The number of esters is 1. The van der Waals surface area contributed by atoms with E-state index in [4.69, 9.17) is 38.9 Å². The molecule has 41 heavy (non-hydrogen) atoms. The number of carbonyl (C=O) groups excluding carboxylic acids is 4. The Morgan fingerprint density at radius 2 is 1.29 bits per heavy atom. The Morgan fingerprint density at radius 1 is 0.780 bits per heavy atom. The molecule has 232 valence electrons. The topological polar surface area (TPSA) is 159 Å². The maximum absolute atomic E-state index is 12.5. The van der Waals surface area contributed by atoms with Gasteiger partial charge >= 0.3 is 24.4 Å². The van der Waals surface area contributed by atoms with Gasteiger partial charge in [-0.25, -0.2) is 14.4 Å². The molecular formula is C29H45NO11. The van der Waals surface area contributed by atoms with Crippen molar-refractivity contribution in [3.8, 4) is 11.5 Å². The minimum absolute atomic E-state index is 0.00393. The lowest BCUT2D eigenvalue weighted by atomic mass is 10.1. The lowest BCUT2D eigenvalue weighted by Crippen LogP contribution is -2.36. The van der Waals surface area contributed by atoms with E-state index in [0.29, 0.717) is 18.4 Å². The predicted molar refractivity (Wildman–Crippen MR) is 149 cm³/mol. The van der Waals surface area contributed by atoms with Crippen molar-refractivity contribution in [1.29, 1.82) is 0 Å². The summed E-state index contributed by atoms with van der Waals surface area (Å²) in [5, 5.41) is 0. The number of carbonyl (C=O) groups is 4. The molecule has 0 spiro atoms. The van der Waals surface area contributed by atoms with Crippen molar-refractivity contribution < 1.29 is 52.3 Å². The van der Waals surface area contributed by atoms with Crippen LogP contribution in [0, 0.1) is 0 Å². The SMILES string of the molecule is CCCC(C)OC(=O)Oc1ccc(C[C@H](N)C(=O)OC[C@H](C)OC(=O)OC(C)(C)C)cc1OC(=O)OC(C)CCC. The highest BCUT2D eigenvalue weighted by molar-refractivity contribution is 5.76. The Hall–Kier alpha value is -3.54. The van der Waals surface area contributed by atoms with Crippen LogP contribution in [0.3, 0.4) is 0 Å². The number of rotatable bonds is 14. The predicted octanol–water partition coefficient (Wildman–Crippen LogP) is 5.85. The van der Waals surface area contributed by atoms with E-state index in [1.54, 1.807) is 47.6 Å². The van der Waals surface area contributed by atoms with Gasteiger partial charge in [0, 0.05) is 0 Å². The van der Waals surface area contributed by atoms with Crippen molar-refractivity contribution in [2.75, 3.05) is 6.61 Å². The normalized spacial score (nSPS) is 14.1. The highest BCUT2D eigenvalue weighted by Crippen LogP contribution is 2.30. The molecule has 0 bridgehead atoms. The average molecular weight is 584 g/mol. The van der Waals surface area contributed by atoms with Crippen LogP contribution in [0.1, 0.15) is 86.6 Å². The molecule has 0 aliphatic carbocycles. The van der Waals surface area contributed by atoms with Crippen LogP contribution in [0.5, 0.6) is 11.5 Å². The standard InChI is InChI=1S/C29H45NO11/c1-9-11-18(3)36-26(32)39-23-14-13-21(16-24(23)40-27(33)37-19(4)12-10-2)15-22(30)25(31)35-17-20(5)38-28(34)41-29(6,7)8/h13-14,16,18-20,22H,9-12,15,17,30H2,1-8H3/t18?,19?,20-,22-/m0/s1. The Labute approximate surface area is 242 Å². The maximum atomic E-state index is 12.5. The second-order valence-electron chi connectivity index (χ2n) is 10.8. The molecule has 2 N–H and O–H groups in total. The molecule has 0 saturated heterocycles. The van der Waals surface area contributed by atoms with E-state index in [2.05, 4.69) is 0 Å². The Balaban J connectivity index is 2.90. The summed E-state index contributed by atoms with van der Waals surface area (Å²) in [7, 11) is 0. The molecule has 0 heterocycles. The van der Waals surface area contributed by atoms with E-state index in [0.717, 1.165) is 12.8 Å². The van der Waals surface area contributed by atoms with Gasteiger partial charge in [0.05, 0.1) is 0 Å². The molecule has 0 radical (unpaired) electrons. The first-order chi connectivity index (χ1) is 19.1. The summed E-state index contributed by atoms with van der Waals surface area (Å²) in [6.07, 6.45) is -1.43. The molecule has 0 aromatic heterocycles. The van der Waals surface area contributed by atoms with E-state index in [1.807, 2.05) is 13.8 Å². The molecule has 1 aromatic carbocycles. The van der Waals surface area contributed by atoms with Gasteiger partial charge in [-0.2, -0.15) is 0 Å². The lowest BCUT2D eigenvalue weighted by molar-refractivity contribution is -0.148. The molecule has 0 saturated carbocycles. The van der Waals surface area contributed by atoms with Crippen LogP contribution >= 0.6 is 0 Å². The first-order valence-electron chi connectivity index (χ1n) is 13.8. The molecule has 12 nitrogen and oxygen atoms in total. The largest absolute Gasteiger partial charge is 0.514 e. The van der Waals surface area contributed by atoms with Crippen molar-refractivity contribution in [3.05, 3.63) is 23.8 Å². The average Bonchev–Trinajstić information content (AvgIpc) is 2.82. The number of nitrogens with two attached hydrogens (primary N) is 1. The maximum Gasteiger partial charge on any atom is 0.514 e. The molecule has 0 aliphatic rings. The van der Waals surface area contributed by atoms with Crippen molar-refractivity contribution >= 4 is 24.4 Å². The molecule has 12 heteroatoms. The molecule has 4 atom stereocenters. The van der Waals surface area contributed by atoms with Crippen LogP contribution < -0.4 is 15.2 Å². The van der Waals surface area contributed by atoms with Gasteiger partial charge in [-0.1, -0.05) is 32.8 Å². The summed E-state index contributed by atoms with van der Waals surface area (Å²) in [5.74, 6) is -0.934.